The molecule has 1 heterocycles. The molecule has 6 nitrogen and oxygen atoms in total. The lowest BCUT2D eigenvalue weighted by Gasteiger charge is -2.21. The molecule has 1 aromatic rings. The van der Waals surface area contributed by atoms with Crippen molar-refractivity contribution in [2.24, 2.45) is 5.73 Å². The maximum atomic E-state index is 12.3. The fourth-order valence-corrected chi connectivity index (χ4v) is 2.52. The number of β-amino-alcohol motifs (C(OH)–C–C–N with tert-alkyl or cyclic N) is 1. The van der Waals surface area contributed by atoms with E-state index >= 15 is 0 Å². The summed E-state index contributed by atoms with van der Waals surface area (Å²) in [7, 11) is 0. The van der Waals surface area contributed by atoms with Crippen LogP contribution in [-0.2, 0) is 22.6 Å². The number of carboxylic acid groups (broad SMARTS) is 1. The topological polar surface area (TPSA) is 104 Å². The molecule has 0 aromatic heterocycles. The first-order chi connectivity index (χ1) is 9.52. The van der Waals surface area contributed by atoms with E-state index in [0.717, 1.165) is 11.1 Å². The molecule has 4 N–H and O–H groups in total. The Kier molecular flexibility index (Phi) is 4.36. The molecule has 0 radical (unpaired) electrons. The van der Waals surface area contributed by atoms with Crippen molar-refractivity contribution in [2.75, 3.05) is 6.54 Å². The molecule has 20 heavy (non-hydrogen) atoms. The van der Waals surface area contributed by atoms with Crippen LogP contribution in [0.5, 0.6) is 0 Å². The average Bonchev–Trinajstić information content (AvgIpc) is 2.82. The van der Waals surface area contributed by atoms with Gasteiger partial charge in [0.25, 0.3) is 0 Å². The van der Waals surface area contributed by atoms with Gasteiger partial charge in [0.1, 0.15) is 6.04 Å². The molecule has 2 rings (SSSR count). The van der Waals surface area contributed by atoms with E-state index < -0.39 is 18.1 Å². The predicted octanol–water partition coefficient (Wildman–Crippen LogP) is -0.266. The fraction of sp³-hybridized carbons (Fsp3) is 0.429. The minimum Gasteiger partial charge on any atom is -0.480 e. The Morgan fingerprint density at radius 1 is 1.30 bits per heavy atom. The van der Waals surface area contributed by atoms with Crippen LogP contribution in [0.25, 0.3) is 0 Å². The Morgan fingerprint density at radius 3 is 2.55 bits per heavy atom. The monoisotopic (exact) mass is 278 g/mol. The van der Waals surface area contributed by atoms with Crippen molar-refractivity contribution in [1.82, 2.24) is 4.90 Å². The highest BCUT2D eigenvalue weighted by atomic mass is 16.4. The summed E-state index contributed by atoms with van der Waals surface area (Å²) in [5, 5.41) is 18.6. The summed E-state index contributed by atoms with van der Waals surface area (Å²) in [4.78, 5) is 24.6. The van der Waals surface area contributed by atoms with Gasteiger partial charge in [-0.1, -0.05) is 24.3 Å². The number of carbonyl (C=O) groups is 2. The Bertz CT molecular complexity index is 518. The minimum atomic E-state index is -1.08. The van der Waals surface area contributed by atoms with E-state index in [4.69, 9.17) is 10.8 Å². The molecule has 1 aliphatic heterocycles. The lowest BCUT2D eigenvalue weighted by atomic mass is 10.0. The van der Waals surface area contributed by atoms with E-state index in [-0.39, 0.29) is 25.3 Å². The second-order valence-corrected chi connectivity index (χ2v) is 4.94. The van der Waals surface area contributed by atoms with Crippen LogP contribution in [0.4, 0.5) is 0 Å². The van der Waals surface area contributed by atoms with Crippen LogP contribution in [0.15, 0.2) is 24.3 Å². The summed E-state index contributed by atoms with van der Waals surface area (Å²) in [5.41, 5.74) is 7.28. The van der Waals surface area contributed by atoms with Crippen molar-refractivity contribution >= 4 is 11.9 Å². The van der Waals surface area contributed by atoms with Crippen molar-refractivity contribution in [3.63, 3.8) is 0 Å². The average molecular weight is 278 g/mol. The Labute approximate surface area is 116 Å². The molecular formula is C14H18N2O4. The van der Waals surface area contributed by atoms with Crippen molar-refractivity contribution in [3.05, 3.63) is 35.4 Å². The lowest BCUT2D eigenvalue weighted by molar-refractivity contribution is -0.148. The molecule has 1 saturated heterocycles. The Morgan fingerprint density at radius 2 is 1.95 bits per heavy atom. The quantitative estimate of drug-likeness (QED) is 0.703. The SMILES string of the molecule is NCc1ccccc1CC(=O)N1C[C@H](O)C[C@H]1C(=O)O. The first-order valence-electron chi connectivity index (χ1n) is 6.50. The first-order valence-corrected chi connectivity index (χ1v) is 6.50. The van der Waals surface area contributed by atoms with Crippen LogP contribution in [-0.4, -0.2) is 45.7 Å². The fourth-order valence-electron chi connectivity index (χ4n) is 2.52. The van der Waals surface area contributed by atoms with Gasteiger partial charge >= 0.3 is 5.97 Å². The van der Waals surface area contributed by atoms with E-state index in [1.54, 1.807) is 0 Å². The van der Waals surface area contributed by atoms with E-state index in [1.165, 1.54) is 4.90 Å². The second kappa shape index (κ2) is 6.02. The number of amides is 1. The molecule has 1 aromatic carbocycles. The molecule has 6 heteroatoms. The zero-order chi connectivity index (χ0) is 14.7. The van der Waals surface area contributed by atoms with Crippen molar-refractivity contribution in [1.29, 1.82) is 0 Å². The molecule has 1 aliphatic rings. The third-order valence-corrected chi connectivity index (χ3v) is 3.56. The van der Waals surface area contributed by atoms with Gasteiger partial charge in [0.05, 0.1) is 12.5 Å². The smallest absolute Gasteiger partial charge is 0.326 e. The van der Waals surface area contributed by atoms with Gasteiger partial charge in [-0.05, 0) is 11.1 Å². The number of nitrogens with zero attached hydrogens (tertiary/aromatic N) is 1. The van der Waals surface area contributed by atoms with Gasteiger partial charge in [-0.25, -0.2) is 4.79 Å². The predicted molar refractivity (Wildman–Crippen MR) is 71.8 cm³/mol. The third-order valence-electron chi connectivity index (χ3n) is 3.56. The second-order valence-electron chi connectivity index (χ2n) is 4.94. The maximum absolute atomic E-state index is 12.3. The van der Waals surface area contributed by atoms with Crippen molar-refractivity contribution < 1.29 is 19.8 Å². The highest BCUT2D eigenvalue weighted by Crippen LogP contribution is 2.20. The number of aliphatic hydroxyl groups excluding tert-OH is 1. The van der Waals surface area contributed by atoms with E-state index in [2.05, 4.69) is 0 Å². The highest BCUT2D eigenvalue weighted by molar-refractivity contribution is 5.86. The molecule has 0 spiro atoms. The number of nitrogens with two attached hydrogens (primary N) is 1. The van der Waals surface area contributed by atoms with Gasteiger partial charge in [-0.2, -0.15) is 0 Å². The standard InChI is InChI=1S/C14H18N2O4/c15-7-10-4-2-1-3-9(10)5-13(18)16-8-11(17)6-12(16)14(19)20/h1-4,11-12,17H,5-8,15H2,(H,19,20)/t11-,12+/m1/s1. The summed E-state index contributed by atoms with van der Waals surface area (Å²) in [5.74, 6) is -1.38. The van der Waals surface area contributed by atoms with E-state index in [1.807, 2.05) is 24.3 Å². The zero-order valence-corrected chi connectivity index (χ0v) is 11.0. The Balaban J connectivity index is 2.13. The number of likely N-dealkylation sites (tertiary alicyclic amines) is 1. The number of carbonyl (C=O) groups excluding carboxylic acids is 1. The van der Waals surface area contributed by atoms with Gasteiger partial charge in [0, 0.05) is 19.5 Å². The van der Waals surface area contributed by atoms with Crippen LogP contribution < -0.4 is 5.73 Å². The van der Waals surface area contributed by atoms with E-state index in [9.17, 15) is 14.7 Å². The minimum absolute atomic E-state index is 0.0700. The number of hydrogen-bond acceptors (Lipinski definition) is 4. The van der Waals surface area contributed by atoms with Crippen LogP contribution >= 0.6 is 0 Å². The Hall–Kier alpha value is -1.92. The van der Waals surface area contributed by atoms with Gasteiger partial charge in [-0.3, -0.25) is 4.79 Å². The molecule has 1 fully saturated rings. The van der Waals surface area contributed by atoms with Gasteiger partial charge in [0.2, 0.25) is 5.91 Å². The maximum Gasteiger partial charge on any atom is 0.326 e. The first kappa shape index (κ1) is 14.5. The summed E-state index contributed by atoms with van der Waals surface area (Å²) in [6.07, 6.45) is -0.589. The summed E-state index contributed by atoms with van der Waals surface area (Å²) >= 11 is 0. The van der Waals surface area contributed by atoms with Gasteiger partial charge in [-0.15, -0.1) is 0 Å². The molecule has 0 aliphatic carbocycles. The summed E-state index contributed by atoms with van der Waals surface area (Å²) in [6, 6.07) is 6.37. The summed E-state index contributed by atoms with van der Waals surface area (Å²) < 4.78 is 0. The molecule has 0 saturated carbocycles. The number of hydrogen-bond donors (Lipinski definition) is 3. The molecule has 2 atom stereocenters. The number of aliphatic hydroxyl groups is 1. The molecule has 1 amide bonds. The molecular weight excluding hydrogens is 260 g/mol. The van der Waals surface area contributed by atoms with Crippen molar-refractivity contribution in [2.45, 2.75) is 31.5 Å². The van der Waals surface area contributed by atoms with Crippen LogP contribution in [0.1, 0.15) is 17.5 Å². The molecule has 0 unspecified atom stereocenters. The van der Waals surface area contributed by atoms with Crippen LogP contribution in [0, 0.1) is 0 Å². The number of benzene rings is 1. The van der Waals surface area contributed by atoms with Crippen molar-refractivity contribution in [3.8, 4) is 0 Å². The number of aliphatic carboxylic acids is 1. The largest absolute Gasteiger partial charge is 0.480 e. The third kappa shape index (κ3) is 2.97. The molecule has 108 valence electrons. The molecule has 0 bridgehead atoms. The van der Waals surface area contributed by atoms with Crippen LogP contribution in [0.2, 0.25) is 0 Å². The zero-order valence-electron chi connectivity index (χ0n) is 11.0. The number of carboxylic acids is 1. The van der Waals surface area contributed by atoms with Gasteiger partial charge in [0.15, 0.2) is 0 Å². The van der Waals surface area contributed by atoms with Crippen LogP contribution in [0.3, 0.4) is 0 Å². The lowest BCUT2D eigenvalue weighted by Crippen LogP contribution is -2.41. The van der Waals surface area contributed by atoms with Gasteiger partial charge < -0.3 is 20.8 Å². The number of rotatable bonds is 4. The van der Waals surface area contributed by atoms with E-state index in [0.29, 0.717) is 6.54 Å². The highest BCUT2D eigenvalue weighted by Gasteiger charge is 2.38. The normalized spacial score (nSPS) is 22.0. The summed E-state index contributed by atoms with van der Waals surface area (Å²) in [6.45, 7) is 0.398.